The molecule has 3 nitrogen and oxygen atoms in total. The highest BCUT2D eigenvalue weighted by atomic mass is 16.3. The van der Waals surface area contributed by atoms with Crippen LogP contribution in [-0.4, -0.2) is 11.4 Å². The van der Waals surface area contributed by atoms with Gasteiger partial charge in [-0.2, -0.15) is 0 Å². The smallest absolute Gasteiger partial charge is 0.329 e. The van der Waals surface area contributed by atoms with Gasteiger partial charge in [0.15, 0.2) is 0 Å². The van der Waals surface area contributed by atoms with Crippen molar-refractivity contribution in [3.63, 3.8) is 0 Å². The molecule has 0 unspecified atom stereocenters. The third-order valence-corrected chi connectivity index (χ3v) is 10.2. The molecule has 0 aliphatic carbocycles. The number of fused-ring (bicyclic) bond motifs is 17. The lowest BCUT2D eigenvalue weighted by molar-refractivity contribution is 0.669. The molecule has 46 heavy (non-hydrogen) atoms. The Kier molecular flexibility index (Phi) is 4.66. The van der Waals surface area contributed by atoms with E-state index in [4.69, 9.17) is 4.42 Å². The summed E-state index contributed by atoms with van der Waals surface area (Å²) in [5.41, 5.74) is 15.6. The third kappa shape index (κ3) is 3.08. The molecule has 9 aromatic rings. The molecule has 11 rings (SSSR count). The number of rotatable bonds is 1. The van der Waals surface area contributed by atoms with E-state index >= 15 is 0 Å². The summed E-state index contributed by atoms with van der Waals surface area (Å²) in [6, 6.07) is 55.3. The summed E-state index contributed by atoms with van der Waals surface area (Å²) in [5.74, 6) is 0. The maximum absolute atomic E-state index is 6.42. The van der Waals surface area contributed by atoms with Crippen molar-refractivity contribution in [1.82, 2.24) is 4.57 Å². The van der Waals surface area contributed by atoms with Crippen LogP contribution in [0.15, 0.2) is 156 Å². The summed E-state index contributed by atoms with van der Waals surface area (Å²) in [6.45, 7) is 0.0500. The zero-order chi connectivity index (χ0) is 29.9. The van der Waals surface area contributed by atoms with Crippen LogP contribution in [0.5, 0.6) is 0 Å². The first-order valence-electron chi connectivity index (χ1n) is 15.9. The van der Waals surface area contributed by atoms with Crippen LogP contribution in [-0.2, 0) is 0 Å². The van der Waals surface area contributed by atoms with Crippen LogP contribution in [0.1, 0.15) is 0 Å². The Hall–Kier alpha value is -6.00. The predicted octanol–water partition coefficient (Wildman–Crippen LogP) is 9.59. The quantitative estimate of drug-likeness (QED) is 0.179. The zero-order valence-electron chi connectivity index (χ0n) is 24.8. The fourth-order valence-electron chi connectivity index (χ4n) is 8.27. The number of benzene rings is 7. The van der Waals surface area contributed by atoms with Gasteiger partial charge in [-0.15, -0.1) is 0 Å². The Bertz CT molecular complexity index is 2720. The number of hydrogen-bond acceptors (Lipinski definition) is 2. The van der Waals surface area contributed by atoms with E-state index in [1.165, 1.54) is 60.8 Å². The summed E-state index contributed by atoms with van der Waals surface area (Å²) in [5, 5.41) is 4.78. The van der Waals surface area contributed by atoms with Gasteiger partial charge in [0.2, 0.25) is 0 Å². The fraction of sp³-hybridized carbons (Fsp3) is 0. The van der Waals surface area contributed by atoms with Crippen LogP contribution >= 0.6 is 0 Å². The molecule has 4 heterocycles. The largest absolute Gasteiger partial charge is 0.456 e. The molecule has 0 bridgehead atoms. The minimum atomic E-state index is 0.0500. The van der Waals surface area contributed by atoms with Gasteiger partial charge in [-0.25, -0.2) is 0 Å². The predicted molar refractivity (Wildman–Crippen MR) is 193 cm³/mol. The SMILES string of the molecule is c1ccc(-n2c3cc4c(cc3c3cc5c(cc32)oc2ccccc25)B2c3ccccc3-c3ccccc3N2c2ccccc2-4)cc1. The normalized spacial score (nSPS) is 13.1. The number of aromatic nitrogens is 1. The number of furan rings is 1. The Morgan fingerprint density at radius 3 is 1.87 bits per heavy atom. The molecule has 0 amide bonds. The van der Waals surface area contributed by atoms with Gasteiger partial charge in [0.1, 0.15) is 11.2 Å². The highest BCUT2D eigenvalue weighted by Gasteiger charge is 2.42. The minimum Gasteiger partial charge on any atom is -0.456 e. The van der Waals surface area contributed by atoms with E-state index in [9.17, 15) is 0 Å². The lowest BCUT2D eigenvalue weighted by Crippen LogP contribution is -2.59. The summed E-state index contributed by atoms with van der Waals surface area (Å²) in [7, 11) is 0. The highest BCUT2D eigenvalue weighted by molar-refractivity contribution is 6.92. The molecule has 0 spiro atoms. The monoisotopic (exact) mass is 584 g/mol. The van der Waals surface area contributed by atoms with Crippen LogP contribution in [0.4, 0.5) is 11.4 Å². The lowest BCUT2D eigenvalue weighted by atomic mass is 9.43. The van der Waals surface area contributed by atoms with Crippen molar-refractivity contribution in [3.05, 3.63) is 152 Å². The summed E-state index contributed by atoms with van der Waals surface area (Å²) >= 11 is 0. The second kappa shape index (κ2) is 8.80. The van der Waals surface area contributed by atoms with E-state index in [0.29, 0.717) is 0 Å². The summed E-state index contributed by atoms with van der Waals surface area (Å²) in [6.07, 6.45) is 0. The van der Waals surface area contributed by atoms with Gasteiger partial charge in [0.25, 0.3) is 0 Å². The van der Waals surface area contributed by atoms with Gasteiger partial charge in [-0.3, -0.25) is 0 Å². The number of nitrogens with zero attached hydrogens (tertiary/aromatic N) is 2. The van der Waals surface area contributed by atoms with Crippen molar-refractivity contribution in [1.29, 1.82) is 0 Å². The van der Waals surface area contributed by atoms with Gasteiger partial charge < -0.3 is 13.8 Å². The maximum atomic E-state index is 6.42. The van der Waals surface area contributed by atoms with Gasteiger partial charge in [0.05, 0.1) is 11.0 Å². The number of anilines is 2. The van der Waals surface area contributed by atoms with Crippen molar-refractivity contribution < 1.29 is 4.42 Å². The zero-order valence-corrected chi connectivity index (χ0v) is 24.8. The van der Waals surface area contributed by atoms with E-state index in [1.807, 2.05) is 6.07 Å². The molecule has 2 aliphatic heterocycles. The third-order valence-electron chi connectivity index (χ3n) is 10.2. The molecule has 0 saturated carbocycles. The fourth-order valence-corrected chi connectivity index (χ4v) is 8.27. The average Bonchev–Trinajstić information content (AvgIpc) is 3.64. The van der Waals surface area contributed by atoms with Crippen LogP contribution in [0.2, 0.25) is 0 Å². The van der Waals surface area contributed by atoms with E-state index in [1.54, 1.807) is 0 Å². The molecular formula is C42H25BN2O. The summed E-state index contributed by atoms with van der Waals surface area (Å²) in [4.78, 5) is 2.57. The highest BCUT2D eigenvalue weighted by Crippen LogP contribution is 2.47. The standard InChI is InChI=1S/C42H25BN2O/c1-2-12-26(13-3-1)44-39-24-31-29-16-6-10-20-38(29)45-37-19-9-5-15-28(37)27-14-4-8-18-35(27)43(45)36(31)23-33(39)32-22-34-30-17-7-11-21-41(30)46-42(34)25-40(32)44/h1-25H. The van der Waals surface area contributed by atoms with E-state index in [2.05, 4.69) is 155 Å². The van der Waals surface area contributed by atoms with E-state index < -0.39 is 0 Å². The first-order valence-corrected chi connectivity index (χ1v) is 15.9. The van der Waals surface area contributed by atoms with Crippen molar-refractivity contribution in [3.8, 4) is 27.9 Å². The van der Waals surface area contributed by atoms with E-state index in [0.717, 1.165) is 33.1 Å². The van der Waals surface area contributed by atoms with Gasteiger partial charge in [-0.05, 0) is 64.5 Å². The first kappa shape index (κ1) is 24.3. The maximum Gasteiger partial charge on any atom is 0.329 e. The second-order valence-corrected chi connectivity index (χ2v) is 12.5. The molecule has 4 heteroatoms. The number of hydrogen-bond donors (Lipinski definition) is 0. The second-order valence-electron chi connectivity index (χ2n) is 12.5. The molecule has 0 saturated heterocycles. The van der Waals surface area contributed by atoms with Crippen LogP contribution < -0.4 is 15.7 Å². The number of para-hydroxylation sites is 4. The average molecular weight is 584 g/mol. The van der Waals surface area contributed by atoms with Gasteiger partial charge >= 0.3 is 6.85 Å². The van der Waals surface area contributed by atoms with Crippen LogP contribution in [0.25, 0.3) is 71.7 Å². The topological polar surface area (TPSA) is 21.3 Å². The Morgan fingerprint density at radius 2 is 1.04 bits per heavy atom. The molecule has 2 aromatic heterocycles. The molecule has 0 atom stereocenters. The molecule has 0 fully saturated rings. The van der Waals surface area contributed by atoms with Crippen molar-refractivity contribution in [2.75, 3.05) is 4.81 Å². The van der Waals surface area contributed by atoms with E-state index in [-0.39, 0.29) is 6.85 Å². The van der Waals surface area contributed by atoms with Gasteiger partial charge in [-0.1, -0.05) is 103 Å². The lowest BCUT2D eigenvalue weighted by Gasteiger charge is -2.43. The molecule has 0 N–H and O–H groups in total. The van der Waals surface area contributed by atoms with Crippen molar-refractivity contribution in [2.45, 2.75) is 0 Å². The van der Waals surface area contributed by atoms with Crippen molar-refractivity contribution >= 4 is 72.9 Å². The van der Waals surface area contributed by atoms with Crippen LogP contribution in [0, 0.1) is 0 Å². The molecule has 2 aliphatic rings. The molecule has 7 aromatic carbocycles. The van der Waals surface area contributed by atoms with Gasteiger partial charge in [0, 0.05) is 55.8 Å². The van der Waals surface area contributed by atoms with Crippen molar-refractivity contribution in [2.24, 2.45) is 0 Å². The molecular weight excluding hydrogens is 559 g/mol. The first-order chi connectivity index (χ1) is 22.8. The molecule has 0 radical (unpaired) electrons. The Labute approximate surface area is 265 Å². The molecule has 212 valence electrons. The Balaban J connectivity index is 1.30. The Morgan fingerprint density at radius 1 is 0.413 bits per heavy atom. The minimum absolute atomic E-state index is 0.0500. The summed E-state index contributed by atoms with van der Waals surface area (Å²) < 4.78 is 8.83. The van der Waals surface area contributed by atoms with Crippen LogP contribution in [0.3, 0.4) is 0 Å².